The molecule has 1 saturated heterocycles. The molecular formula is C21H25N5O3S. The lowest BCUT2D eigenvalue weighted by atomic mass is 10.2. The predicted molar refractivity (Wildman–Crippen MR) is 115 cm³/mol. The van der Waals surface area contributed by atoms with Crippen LogP contribution in [-0.4, -0.2) is 76.6 Å². The van der Waals surface area contributed by atoms with Crippen molar-refractivity contribution in [2.45, 2.75) is 11.7 Å². The summed E-state index contributed by atoms with van der Waals surface area (Å²) in [6, 6.07) is 11.5. The highest BCUT2D eigenvalue weighted by atomic mass is 32.2. The van der Waals surface area contributed by atoms with Crippen molar-refractivity contribution in [2.24, 2.45) is 0 Å². The standard InChI is InChI=1S/C21H25N5O3S/c1-24-8-10-25(11-9-24)19(27)15-30-21-23-22-20(16-5-3-6-17(13-16)28-2)26(21)14-18-7-4-12-29-18/h3-7,12-13H,8-11,14-15H2,1-2H3. The molecule has 2 aromatic heterocycles. The number of carbonyl (C=O) groups excluding carboxylic acids is 1. The van der Waals surface area contributed by atoms with Gasteiger partial charge in [-0.3, -0.25) is 9.36 Å². The monoisotopic (exact) mass is 427 g/mol. The van der Waals surface area contributed by atoms with Crippen molar-refractivity contribution >= 4 is 17.7 Å². The van der Waals surface area contributed by atoms with E-state index in [1.54, 1.807) is 13.4 Å². The summed E-state index contributed by atoms with van der Waals surface area (Å²) in [5.41, 5.74) is 0.894. The van der Waals surface area contributed by atoms with Gasteiger partial charge in [-0.1, -0.05) is 23.9 Å². The first-order valence-electron chi connectivity index (χ1n) is 9.83. The van der Waals surface area contributed by atoms with Crippen LogP contribution in [0.3, 0.4) is 0 Å². The Kier molecular flexibility index (Phi) is 6.39. The van der Waals surface area contributed by atoms with Crippen molar-refractivity contribution < 1.29 is 13.9 Å². The van der Waals surface area contributed by atoms with E-state index in [-0.39, 0.29) is 5.91 Å². The Bertz CT molecular complexity index is 980. The molecule has 0 atom stereocenters. The number of ether oxygens (including phenoxy) is 1. The highest BCUT2D eigenvalue weighted by Gasteiger charge is 2.21. The lowest BCUT2D eigenvalue weighted by molar-refractivity contribution is -0.129. The van der Waals surface area contributed by atoms with E-state index in [9.17, 15) is 4.79 Å². The Hall–Kier alpha value is -2.78. The Morgan fingerprint density at radius 1 is 1.17 bits per heavy atom. The molecular weight excluding hydrogens is 402 g/mol. The molecule has 0 unspecified atom stereocenters. The number of likely N-dealkylation sites (N-methyl/N-ethyl adjacent to an activating group) is 1. The van der Waals surface area contributed by atoms with Crippen LogP contribution < -0.4 is 4.74 Å². The first-order chi connectivity index (χ1) is 14.6. The number of furan rings is 1. The number of hydrogen-bond donors (Lipinski definition) is 0. The van der Waals surface area contributed by atoms with Crippen molar-refractivity contribution in [1.29, 1.82) is 0 Å². The van der Waals surface area contributed by atoms with Gasteiger partial charge in [0.15, 0.2) is 11.0 Å². The maximum atomic E-state index is 12.7. The number of amides is 1. The van der Waals surface area contributed by atoms with E-state index >= 15 is 0 Å². The molecule has 1 fully saturated rings. The fourth-order valence-corrected chi connectivity index (χ4v) is 4.19. The molecule has 0 spiro atoms. The van der Waals surface area contributed by atoms with Gasteiger partial charge in [0.1, 0.15) is 11.5 Å². The van der Waals surface area contributed by atoms with Gasteiger partial charge in [-0.2, -0.15) is 0 Å². The van der Waals surface area contributed by atoms with E-state index in [0.29, 0.717) is 23.3 Å². The fourth-order valence-electron chi connectivity index (χ4n) is 3.35. The molecule has 0 N–H and O–H groups in total. The first-order valence-corrected chi connectivity index (χ1v) is 10.8. The molecule has 9 heteroatoms. The van der Waals surface area contributed by atoms with Gasteiger partial charge in [0.2, 0.25) is 5.91 Å². The Morgan fingerprint density at radius 3 is 2.73 bits per heavy atom. The van der Waals surface area contributed by atoms with Crippen LogP contribution in [0.4, 0.5) is 0 Å². The van der Waals surface area contributed by atoms with Crippen LogP contribution in [0.15, 0.2) is 52.2 Å². The smallest absolute Gasteiger partial charge is 0.233 e. The zero-order valence-corrected chi connectivity index (χ0v) is 18.0. The second kappa shape index (κ2) is 9.36. The molecule has 30 heavy (non-hydrogen) atoms. The SMILES string of the molecule is COc1cccc(-c2nnc(SCC(=O)N3CCN(C)CC3)n2Cc2ccco2)c1. The van der Waals surface area contributed by atoms with E-state index in [1.807, 2.05) is 45.9 Å². The quantitative estimate of drug-likeness (QED) is 0.536. The lowest BCUT2D eigenvalue weighted by Gasteiger charge is -2.32. The van der Waals surface area contributed by atoms with Crippen molar-refractivity contribution in [1.82, 2.24) is 24.6 Å². The average molecular weight is 428 g/mol. The number of thioether (sulfide) groups is 1. The van der Waals surface area contributed by atoms with Crippen molar-refractivity contribution in [3.63, 3.8) is 0 Å². The molecule has 1 aliphatic heterocycles. The van der Waals surface area contributed by atoms with Crippen LogP contribution in [0.25, 0.3) is 11.4 Å². The highest BCUT2D eigenvalue weighted by Crippen LogP contribution is 2.27. The maximum absolute atomic E-state index is 12.7. The number of hydrogen-bond acceptors (Lipinski definition) is 7. The molecule has 4 rings (SSSR count). The largest absolute Gasteiger partial charge is 0.497 e. The minimum Gasteiger partial charge on any atom is -0.497 e. The van der Waals surface area contributed by atoms with Gasteiger partial charge in [0, 0.05) is 31.7 Å². The zero-order chi connectivity index (χ0) is 20.9. The lowest BCUT2D eigenvalue weighted by Crippen LogP contribution is -2.47. The molecule has 3 aromatic rings. The van der Waals surface area contributed by atoms with Crippen molar-refractivity contribution in [3.8, 4) is 17.1 Å². The molecule has 1 aromatic carbocycles. The maximum Gasteiger partial charge on any atom is 0.233 e. The Morgan fingerprint density at radius 2 is 2.00 bits per heavy atom. The van der Waals surface area contributed by atoms with Gasteiger partial charge < -0.3 is 19.0 Å². The van der Waals surface area contributed by atoms with E-state index in [1.165, 1.54) is 11.8 Å². The topological polar surface area (TPSA) is 76.6 Å². The number of benzene rings is 1. The van der Waals surface area contributed by atoms with Crippen molar-refractivity contribution in [2.75, 3.05) is 46.1 Å². The molecule has 0 radical (unpaired) electrons. The van der Waals surface area contributed by atoms with Gasteiger partial charge in [-0.25, -0.2) is 0 Å². The number of methoxy groups -OCH3 is 1. The predicted octanol–water partition coefficient (Wildman–Crippen LogP) is 2.46. The summed E-state index contributed by atoms with van der Waals surface area (Å²) in [6.45, 7) is 3.84. The first kappa shape index (κ1) is 20.5. The van der Waals surface area contributed by atoms with Crippen LogP contribution >= 0.6 is 11.8 Å². The number of aromatic nitrogens is 3. The molecule has 0 saturated carbocycles. The number of piperazine rings is 1. The van der Waals surface area contributed by atoms with Gasteiger partial charge in [0.25, 0.3) is 0 Å². The molecule has 0 aliphatic carbocycles. The van der Waals surface area contributed by atoms with Gasteiger partial charge in [-0.05, 0) is 31.3 Å². The zero-order valence-electron chi connectivity index (χ0n) is 17.2. The van der Waals surface area contributed by atoms with E-state index < -0.39 is 0 Å². The third kappa shape index (κ3) is 4.68. The van der Waals surface area contributed by atoms with Crippen LogP contribution in [0.1, 0.15) is 5.76 Å². The van der Waals surface area contributed by atoms with Crippen LogP contribution in [0, 0.1) is 0 Å². The normalized spacial score (nSPS) is 14.8. The molecule has 1 aliphatic rings. The van der Waals surface area contributed by atoms with Gasteiger partial charge in [-0.15, -0.1) is 10.2 Å². The molecule has 158 valence electrons. The fraction of sp³-hybridized carbons (Fsp3) is 0.381. The molecule has 0 bridgehead atoms. The third-order valence-corrected chi connectivity index (χ3v) is 6.07. The Labute approximate surface area is 179 Å². The summed E-state index contributed by atoms with van der Waals surface area (Å²) in [5.74, 6) is 2.71. The average Bonchev–Trinajstić information content (AvgIpc) is 3.43. The van der Waals surface area contributed by atoms with E-state index in [4.69, 9.17) is 9.15 Å². The number of nitrogens with zero attached hydrogens (tertiary/aromatic N) is 5. The number of rotatable bonds is 7. The van der Waals surface area contributed by atoms with Crippen LogP contribution in [-0.2, 0) is 11.3 Å². The van der Waals surface area contributed by atoms with Crippen LogP contribution in [0.2, 0.25) is 0 Å². The highest BCUT2D eigenvalue weighted by molar-refractivity contribution is 7.99. The summed E-state index contributed by atoms with van der Waals surface area (Å²) in [6.07, 6.45) is 1.65. The van der Waals surface area contributed by atoms with Crippen LogP contribution in [0.5, 0.6) is 5.75 Å². The second-order valence-corrected chi connectivity index (χ2v) is 8.12. The minimum atomic E-state index is 0.128. The summed E-state index contributed by atoms with van der Waals surface area (Å²) in [7, 11) is 3.71. The second-order valence-electron chi connectivity index (χ2n) is 7.18. The third-order valence-electron chi connectivity index (χ3n) is 5.12. The number of carbonyl (C=O) groups is 1. The summed E-state index contributed by atoms with van der Waals surface area (Å²) in [5, 5.41) is 9.47. The van der Waals surface area contributed by atoms with Gasteiger partial charge in [0.05, 0.1) is 25.7 Å². The molecule has 8 nitrogen and oxygen atoms in total. The van der Waals surface area contributed by atoms with E-state index in [0.717, 1.165) is 43.3 Å². The summed E-state index contributed by atoms with van der Waals surface area (Å²) < 4.78 is 12.9. The van der Waals surface area contributed by atoms with E-state index in [2.05, 4.69) is 22.1 Å². The van der Waals surface area contributed by atoms with Gasteiger partial charge >= 0.3 is 0 Å². The minimum absolute atomic E-state index is 0.128. The summed E-state index contributed by atoms with van der Waals surface area (Å²) in [4.78, 5) is 16.8. The summed E-state index contributed by atoms with van der Waals surface area (Å²) >= 11 is 1.41. The molecule has 3 heterocycles. The molecule has 1 amide bonds. The van der Waals surface area contributed by atoms with Crippen molar-refractivity contribution in [3.05, 3.63) is 48.4 Å². The Balaban J connectivity index is 1.54.